The second kappa shape index (κ2) is 7.64. The molecule has 25 heavy (non-hydrogen) atoms. The lowest BCUT2D eigenvalue weighted by Crippen LogP contribution is -2.32. The highest BCUT2D eigenvalue weighted by Gasteiger charge is 2.20. The van der Waals surface area contributed by atoms with Crippen LogP contribution >= 0.6 is 0 Å². The van der Waals surface area contributed by atoms with Crippen LogP contribution in [0.5, 0.6) is 5.75 Å². The van der Waals surface area contributed by atoms with E-state index in [0.717, 1.165) is 25.0 Å². The number of benzene rings is 2. The molecule has 1 aliphatic carbocycles. The highest BCUT2D eigenvalue weighted by molar-refractivity contribution is 5.94. The normalized spacial score (nSPS) is 14.5. The lowest BCUT2D eigenvalue weighted by atomic mass is 9.92. The Bertz CT molecular complexity index is 776. The van der Waals surface area contributed by atoms with Crippen LogP contribution in [0.1, 0.15) is 37.3 Å². The van der Waals surface area contributed by atoms with Crippen molar-refractivity contribution >= 4 is 11.6 Å². The molecule has 0 bridgehead atoms. The second-order valence-electron chi connectivity index (χ2n) is 6.27. The smallest absolute Gasteiger partial charge is 0.265 e. The van der Waals surface area contributed by atoms with E-state index in [2.05, 4.69) is 11.4 Å². The fourth-order valence-electron chi connectivity index (χ4n) is 3.07. The summed E-state index contributed by atoms with van der Waals surface area (Å²) in [6, 6.07) is 9.21. The molecule has 3 nitrogen and oxygen atoms in total. The summed E-state index contributed by atoms with van der Waals surface area (Å²) >= 11 is 0. The molecule has 0 aromatic heterocycles. The number of hydrogen-bond donors (Lipinski definition) is 1. The quantitative estimate of drug-likeness (QED) is 0.857. The molecule has 1 N–H and O–H groups in total. The molecular formula is C20H21F2NO2. The van der Waals surface area contributed by atoms with Gasteiger partial charge in [-0.1, -0.05) is 13.0 Å². The molecule has 1 aliphatic rings. The molecule has 0 saturated carbocycles. The van der Waals surface area contributed by atoms with Crippen molar-refractivity contribution in [3.8, 4) is 5.75 Å². The Balaban J connectivity index is 1.69. The number of carbonyl (C=O) groups is 1. The molecule has 132 valence electrons. The summed E-state index contributed by atoms with van der Waals surface area (Å²) in [5.41, 5.74) is 2.83. The number of anilines is 1. The van der Waals surface area contributed by atoms with E-state index >= 15 is 0 Å². The summed E-state index contributed by atoms with van der Waals surface area (Å²) in [5.74, 6) is -1.67. The van der Waals surface area contributed by atoms with Gasteiger partial charge < -0.3 is 10.1 Å². The Morgan fingerprint density at radius 1 is 1.08 bits per heavy atom. The van der Waals surface area contributed by atoms with Crippen molar-refractivity contribution in [2.45, 2.75) is 45.1 Å². The zero-order chi connectivity index (χ0) is 17.8. The molecule has 3 rings (SSSR count). The van der Waals surface area contributed by atoms with Crippen LogP contribution in [0.2, 0.25) is 0 Å². The van der Waals surface area contributed by atoms with Crippen molar-refractivity contribution < 1.29 is 18.3 Å². The minimum absolute atomic E-state index is 0.205. The van der Waals surface area contributed by atoms with Crippen LogP contribution in [0.4, 0.5) is 14.5 Å². The molecule has 0 aliphatic heterocycles. The van der Waals surface area contributed by atoms with Crippen molar-refractivity contribution in [2.24, 2.45) is 0 Å². The van der Waals surface area contributed by atoms with Gasteiger partial charge in [-0.25, -0.2) is 8.78 Å². The Hall–Kier alpha value is -2.43. The van der Waals surface area contributed by atoms with Gasteiger partial charge in [-0.15, -0.1) is 0 Å². The number of amides is 1. The number of aryl methyl sites for hydroxylation is 2. The van der Waals surface area contributed by atoms with Crippen LogP contribution in [0.3, 0.4) is 0 Å². The van der Waals surface area contributed by atoms with E-state index in [9.17, 15) is 13.6 Å². The maximum Gasteiger partial charge on any atom is 0.265 e. The van der Waals surface area contributed by atoms with E-state index in [1.165, 1.54) is 30.0 Å². The van der Waals surface area contributed by atoms with Crippen LogP contribution in [0.25, 0.3) is 0 Å². The average Bonchev–Trinajstić information content (AvgIpc) is 2.62. The predicted octanol–water partition coefficient (Wildman–Crippen LogP) is 4.64. The molecule has 0 fully saturated rings. The first-order valence-electron chi connectivity index (χ1n) is 8.61. The first kappa shape index (κ1) is 17.4. The molecule has 1 amide bonds. The Kier molecular flexibility index (Phi) is 5.31. The topological polar surface area (TPSA) is 38.3 Å². The number of halogens is 2. The number of rotatable bonds is 5. The molecule has 1 atom stereocenters. The first-order chi connectivity index (χ1) is 12.1. The van der Waals surface area contributed by atoms with E-state index in [-0.39, 0.29) is 11.6 Å². The van der Waals surface area contributed by atoms with Gasteiger partial charge in [0.25, 0.3) is 5.91 Å². The van der Waals surface area contributed by atoms with E-state index in [4.69, 9.17) is 4.74 Å². The molecule has 2 aromatic rings. The van der Waals surface area contributed by atoms with Gasteiger partial charge in [0.15, 0.2) is 17.7 Å². The van der Waals surface area contributed by atoms with Gasteiger partial charge in [0.2, 0.25) is 0 Å². The molecule has 1 unspecified atom stereocenters. The van der Waals surface area contributed by atoms with Crippen LogP contribution in [-0.2, 0) is 17.6 Å². The van der Waals surface area contributed by atoms with Crippen molar-refractivity contribution in [3.05, 3.63) is 59.2 Å². The van der Waals surface area contributed by atoms with Gasteiger partial charge in [0.1, 0.15) is 5.75 Å². The van der Waals surface area contributed by atoms with Gasteiger partial charge >= 0.3 is 0 Å². The van der Waals surface area contributed by atoms with Gasteiger partial charge in [-0.3, -0.25) is 4.79 Å². The van der Waals surface area contributed by atoms with E-state index in [1.807, 2.05) is 19.1 Å². The van der Waals surface area contributed by atoms with Crippen molar-refractivity contribution in [1.82, 2.24) is 0 Å². The van der Waals surface area contributed by atoms with Crippen molar-refractivity contribution in [1.29, 1.82) is 0 Å². The summed E-state index contributed by atoms with van der Waals surface area (Å²) < 4.78 is 32.1. The van der Waals surface area contributed by atoms with Crippen LogP contribution in [0.15, 0.2) is 36.4 Å². The number of nitrogens with one attached hydrogen (secondary N) is 1. The van der Waals surface area contributed by atoms with E-state index < -0.39 is 17.7 Å². The summed E-state index contributed by atoms with van der Waals surface area (Å²) in [5, 5.41) is 2.57. The SMILES string of the molecule is CCC(Oc1ccc2c(c1)CCCC2)C(=O)Nc1ccc(F)c(F)c1. The van der Waals surface area contributed by atoms with Crippen LogP contribution < -0.4 is 10.1 Å². The summed E-state index contributed by atoms with van der Waals surface area (Å²) in [6.07, 6.45) is 4.27. The van der Waals surface area contributed by atoms with Gasteiger partial charge in [-0.2, -0.15) is 0 Å². The van der Waals surface area contributed by atoms with Crippen molar-refractivity contribution in [3.63, 3.8) is 0 Å². The molecule has 0 saturated heterocycles. The third kappa shape index (κ3) is 4.16. The lowest BCUT2D eigenvalue weighted by Gasteiger charge is -2.20. The number of carbonyl (C=O) groups excluding carboxylic acids is 1. The Morgan fingerprint density at radius 2 is 1.84 bits per heavy atom. The Labute approximate surface area is 146 Å². The minimum atomic E-state index is -0.999. The second-order valence-corrected chi connectivity index (χ2v) is 6.27. The fourth-order valence-corrected chi connectivity index (χ4v) is 3.07. The molecular weight excluding hydrogens is 324 g/mol. The predicted molar refractivity (Wildman–Crippen MR) is 92.8 cm³/mol. The highest BCUT2D eigenvalue weighted by atomic mass is 19.2. The molecule has 0 spiro atoms. The lowest BCUT2D eigenvalue weighted by molar-refractivity contribution is -0.122. The zero-order valence-electron chi connectivity index (χ0n) is 14.1. The maximum absolute atomic E-state index is 13.3. The number of hydrogen-bond acceptors (Lipinski definition) is 2. The molecule has 2 aromatic carbocycles. The zero-order valence-corrected chi connectivity index (χ0v) is 14.1. The fraction of sp³-hybridized carbons (Fsp3) is 0.350. The largest absolute Gasteiger partial charge is 0.481 e. The minimum Gasteiger partial charge on any atom is -0.481 e. The third-order valence-electron chi connectivity index (χ3n) is 4.45. The first-order valence-corrected chi connectivity index (χ1v) is 8.61. The summed E-state index contributed by atoms with van der Waals surface area (Å²) in [7, 11) is 0. The number of fused-ring (bicyclic) bond motifs is 1. The van der Waals surface area contributed by atoms with E-state index in [1.54, 1.807) is 0 Å². The molecule has 0 radical (unpaired) electrons. The van der Waals surface area contributed by atoms with Gasteiger partial charge in [-0.05, 0) is 67.5 Å². The number of ether oxygens (including phenoxy) is 1. The van der Waals surface area contributed by atoms with Gasteiger partial charge in [0.05, 0.1) is 0 Å². The van der Waals surface area contributed by atoms with E-state index in [0.29, 0.717) is 12.2 Å². The molecule has 5 heteroatoms. The third-order valence-corrected chi connectivity index (χ3v) is 4.45. The summed E-state index contributed by atoms with van der Waals surface area (Å²) in [4.78, 5) is 12.4. The van der Waals surface area contributed by atoms with Crippen LogP contribution in [0, 0.1) is 11.6 Å². The van der Waals surface area contributed by atoms with Crippen molar-refractivity contribution in [2.75, 3.05) is 5.32 Å². The standard InChI is InChI=1S/C20H21F2NO2/c1-2-19(20(24)23-15-8-10-17(21)18(22)12-15)25-16-9-7-13-5-3-4-6-14(13)11-16/h7-12,19H,2-6H2,1H3,(H,23,24). The highest BCUT2D eigenvalue weighted by Crippen LogP contribution is 2.26. The maximum atomic E-state index is 13.3. The molecule has 0 heterocycles. The van der Waals surface area contributed by atoms with Crippen LogP contribution in [-0.4, -0.2) is 12.0 Å². The summed E-state index contributed by atoms with van der Waals surface area (Å²) in [6.45, 7) is 1.84. The average molecular weight is 345 g/mol. The van der Waals surface area contributed by atoms with Gasteiger partial charge in [0, 0.05) is 11.8 Å². The Morgan fingerprint density at radius 3 is 2.56 bits per heavy atom. The monoisotopic (exact) mass is 345 g/mol.